The Morgan fingerprint density at radius 2 is 2.56 bits per heavy atom. The summed E-state index contributed by atoms with van der Waals surface area (Å²) in [5.41, 5.74) is 0. The zero-order chi connectivity index (χ0) is 11.5. The first-order valence-corrected chi connectivity index (χ1v) is 6.35. The zero-order valence-corrected chi connectivity index (χ0v) is 10.5. The molecule has 4 nitrogen and oxygen atoms in total. The number of carbonyl (C=O) groups excluding carboxylic acids is 1. The van der Waals surface area contributed by atoms with Crippen molar-refractivity contribution in [3.63, 3.8) is 0 Å². The molecule has 1 atom stereocenters. The maximum Gasteiger partial charge on any atom is 0.227 e. The molecule has 0 aliphatic carbocycles. The largest absolute Gasteiger partial charge is 0.340 e. The lowest BCUT2D eigenvalue weighted by Crippen LogP contribution is -2.33. The van der Waals surface area contributed by atoms with E-state index in [9.17, 15) is 4.79 Å². The van der Waals surface area contributed by atoms with Crippen LogP contribution in [0, 0.1) is 12.8 Å². The highest BCUT2D eigenvalue weighted by Gasteiger charge is 2.25. The molecule has 1 unspecified atom stereocenters. The van der Waals surface area contributed by atoms with Gasteiger partial charge in [-0.2, -0.15) is 0 Å². The molecule has 1 aliphatic rings. The lowest BCUT2D eigenvalue weighted by atomic mass is 10.1. The van der Waals surface area contributed by atoms with Gasteiger partial charge in [-0.25, -0.2) is 4.98 Å². The lowest BCUT2D eigenvalue weighted by Gasteiger charge is -2.19. The number of thiazole rings is 1. The van der Waals surface area contributed by atoms with Gasteiger partial charge in [0.2, 0.25) is 5.91 Å². The van der Waals surface area contributed by atoms with Crippen molar-refractivity contribution in [3.05, 3.63) is 16.1 Å². The number of hydrogen-bond donors (Lipinski definition) is 1. The van der Waals surface area contributed by atoms with Crippen LogP contribution in [0.3, 0.4) is 0 Å². The van der Waals surface area contributed by atoms with Gasteiger partial charge in [0.05, 0.1) is 17.5 Å². The molecule has 0 saturated carbocycles. The SMILES string of the molecule is Cc1ncc(CN(C)C(=O)C2CCNC2)s1. The Morgan fingerprint density at radius 1 is 1.75 bits per heavy atom. The third kappa shape index (κ3) is 2.59. The third-order valence-electron chi connectivity index (χ3n) is 2.85. The number of carbonyl (C=O) groups is 1. The number of amides is 1. The summed E-state index contributed by atoms with van der Waals surface area (Å²) < 4.78 is 0. The number of aromatic nitrogens is 1. The van der Waals surface area contributed by atoms with Crippen LogP contribution in [0.15, 0.2) is 6.20 Å². The Hall–Kier alpha value is -0.940. The fraction of sp³-hybridized carbons (Fsp3) is 0.636. The fourth-order valence-corrected chi connectivity index (χ4v) is 2.82. The van der Waals surface area contributed by atoms with Crippen molar-refractivity contribution in [2.75, 3.05) is 20.1 Å². The Morgan fingerprint density at radius 3 is 3.12 bits per heavy atom. The smallest absolute Gasteiger partial charge is 0.227 e. The van der Waals surface area contributed by atoms with E-state index < -0.39 is 0 Å². The molecule has 1 aliphatic heterocycles. The standard InChI is InChI=1S/C11H17N3OS/c1-8-13-6-10(16-8)7-14(2)11(15)9-3-4-12-5-9/h6,9,12H,3-5,7H2,1-2H3. The molecule has 1 aromatic rings. The molecule has 1 saturated heterocycles. The molecule has 0 bridgehead atoms. The van der Waals surface area contributed by atoms with Crippen LogP contribution in [0.5, 0.6) is 0 Å². The van der Waals surface area contributed by atoms with Gasteiger partial charge in [-0.05, 0) is 19.9 Å². The minimum atomic E-state index is 0.166. The molecule has 2 rings (SSSR count). The van der Waals surface area contributed by atoms with E-state index in [-0.39, 0.29) is 11.8 Å². The van der Waals surface area contributed by atoms with Crippen LogP contribution in [0.25, 0.3) is 0 Å². The van der Waals surface area contributed by atoms with Crippen LogP contribution in [0.1, 0.15) is 16.3 Å². The molecule has 1 fully saturated rings. The highest BCUT2D eigenvalue weighted by molar-refractivity contribution is 7.11. The molecule has 1 amide bonds. The maximum absolute atomic E-state index is 12.0. The Balaban J connectivity index is 1.91. The second-order valence-electron chi connectivity index (χ2n) is 4.23. The number of nitrogens with zero attached hydrogens (tertiary/aromatic N) is 2. The van der Waals surface area contributed by atoms with Crippen molar-refractivity contribution in [2.45, 2.75) is 19.9 Å². The average Bonchev–Trinajstić information content (AvgIpc) is 2.88. The minimum Gasteiger partial charge on any atom is -0.340 e. The van der Waals surface area contributed by atoms with Crippen molar-refractivity contribution in [2.24, 2.45) is 5.92 Å². The van der Waals surface area contributed by atoms with Gasteiger partial charge in [-0.15, -0.1) is 11.3 Å². The van der Waals surface area contributed by atoms with Gasteiger partial charge in [0, 0.05) is 24.7 Å². The molecule has 1 N–H and O–H groups in total. The summed E-state index contributed by atoms with van der Waals surface area (Å²) in [4.78, 5) is 19.2. The highest BCUT2D eigenvalue weighted by Crippen LogP contribution is 2.16. The molecule has 88 valence electrons. The summed E-state index contributed by atoms with van der Waals surface area (Å²) in [5.74, 6) is 0.412. The third-order valence-corrected chi connectivity index (χ3v) is 3.75. The normalized spacial score (nSPS) is 20.0. The van der Waals surface area contributed by atoms with E-state index in [2.05, 4.69) is 10.3 Å². The quantitative estimate of drug-likeness (QED) is 0.856. The highest BCUT2D eigenvalue weighted by atomic mass is 32.1. The van der Waals surface area contributed by atoms with Crippen LogP contribution in [-0.4, -0.2) is 35.9 Å². The van der Waals surface area contributed by atoms with Crippen LogP contribution in [-0.2, 0) is 11.3 Å². The topological polar surface area (TPSA) is 45.2 Å². The predicted octanol–water partition coefficient (Wildman–Crippen LogP) is 1.02. The van der Waals surface area contributed by atoms with Crippen molar-refractivity contribution in [1.29, 1.82) is 0 Å². The van der Waals surface area contributed by atoms with E-state index >= 15 is 0 Å². The van der Waals surface area contributed by atoms with Gasteiger partial charge in [-0.1, -0.05) is 0 Å². The van der Waals surface area contributed by atoms with Crippen molar-refractivity contribution in [3.8, 4) is 0 Å². The second kappa shape index (κ2) is 4.93. The van der Waals surface area contributed by atoms with Gasteiger partial charge in [0.15, 0.2) is 0 Å². The first kappa shape index (κ1) is 11.5. The van der Waals surface area contributed by atoms with Gasteiger partial charge in [0.25, 0.3) is 0 Å². The zero-order valence-electron chi connectivity index (χ0n) is 9.69. The first-order chi connectivity index (χ1) is 7.66. The second-order valence-corrected chi connectivity index (χ2v) is 5.55. The molecule has 2 heterocycles. The van der Waals surface area contributed by atoms with Crippen molar-refractivity contribution in [1.82, 2.24) is 15.2 Å². The Kier molecular flexibility index (Phi) is 3.56. The summed E-state index contributed by atoms with van der Waals surface area (Å²) in [7, 11) is 1.87. The van der Waals surface area contributed by atoms with Gasteiger partial charge < -0.3 is 10.2 Å². The monoisotopic (exact) mass is 239 g/mol. The Bertz CT molecular complexity index is 371. The molecule has 5 heteroatoms. The number of nitrogens with one attached hydrogen (secondary N) is 1. The molecule has 0 spiro atoms. The summed E-state index contributed by atoms with van der Waals surface area (Å²) in [6, 6.07) is 0. The van der Waals surface area contributed by atoms with Crippen LogP contribution in [0.4, 0.5) is 0 Å². The molecule has 0 radical (unpaired) electrons. The summed E-state index contributed by atoms with van der Waals surface area (Å²) >= 11 is 1.66. The van der Waals surface area contributed by atoms with Crippen LogP contribution < -0.4 is 5.32 Å². The van der Waals surface area contributed by atoms with E-state index in [1.165, 1.54) is 0 Å². The molecule has 1 aromatic heterocycles. The van der Waals surface area contributed by atoms with Gasteiger partial charge in [0.1, 0.15) is 0 Å². The van der Waals surface area contributed by atoms with Crippen molar-refractivity contribution < 1.29 is 4.79 Å². The van der Waals surface area contributed by atoms with E-state index in [1.807, 2.05) is 25.1 Å². The van der Waals surface area contributed by atoms with Crippen LogP contribution in [0.2, 0.25) is 0 Å². The Labute approximate surface area is 99.7 Å². The number of hydrogen-bond acceptors (Lipinski definition) is 4. The minimum absolute atomic E-state index is 0.166. The lowest BCUT2D eigenvalue weighted by molar-refractivity contribution is -0.134. The van der Waals surface area contributed by atoms with Gasteiger partial charge >= 0.3 is 0 Å². The van der Waals surface area contributed by atoms with Crippen LogP contribution >= 0.6 is 11.3 Å². The molecular weight excluding hydrogens is 222 g/mol. The van der Waals surface area contributed by atoms with Crippen molar-refractivity contribution >= 4 is 17.2 Å². The predicted molar refractivity (Wildman–Crippen MR) is 64.3 cm³/mol. The summed E-state index contributed by atoms with van der Waals surface area (Å²) in [5, 5.41) is 4.27. The molecule has 16 heavy (non-hydrogen) atoms. The number of aryl methyl sites for hydroxylation is 1. The maximum atomic E-state index is 12.0. The summed E-state index contributed by atoms with van der Waals surface area (Å²) in [6.07, 6.45) is 2.82. The average molecular weight is 239 g/mol. The summed E-state index contributed by atoms with van der Waals surface area (Å²) in [6.45, 7) is 4.45. The molecular formula is C11H17N3OS. The first-order valence-electron chi connectivity index (χ1n) is 5.54. The fourth-order valence-electron chi connectivity index (χ4n) is 1.97. The molecule has 0 aromatic carbocycles. The van der Waals surface area contributed by atoms with E-state index in [0.717, 1.165) is 29.4 Å². The van der Waals surface area contributed by atoms with Gasteiger partial charge in [-0.3, -0.25) is 4.79 Å². The van der Waals surface area contributed by atoms with E-state index in [4.69, 9.17) is 0 Å². The number of rotatable bonds is 3. The van der Waals surface area contributed by atoms with E-state index in [0.29, 0.717) is 6.54 Å². The van der Waals surface area contributed by atoms with E-state index in [1.54, 1.807) is 11.3 Å².